The second kappa shape index (κ2) is 11.4. The van der Waals surface area contributed by atoms with E-state index in [2.05, 4.69) is 9.97 Å². The van der Waals surface area contributed by atoms with Gasteiger partial charge in [0.05, 0.1) is 43.3 Å². The molecule has 2 aromatic carbocycles. The minimum atomic E-state index is -0.683. The Kier molecular flexibility index (Phi) is 7.45. The van der Waals surface area contributed by atoms with Gasteiger partial charge >= 0.3 is 0 Å². The van der Waals surface area contributed by atoms with Crippen LogP contribution in [0.15, 0.2) is 65.7 Å². The first kappa shape index (κ1) is 28.2. The Morgan fingerprint density at radius 2 is 1.88 bits per heavy atom. The molecule has 0 atom stereocenters. The van der Waals surface area contributed by atoms with Gasteiger partial charge in [-0.3, -0.25) is 14.6 Å². The van der Waals surface area contributed by atoms with Crippen LogP contribution in [0.5, 0.6) is 17.2 Å². The molecule has 0 unspecified atom stereocenters. The van der Waals surface area contributed by atoms with Gasteiger partial charge in [-0.2, -0.15) is 0 Å². The summed E-state index contributed by atoms with van der Waals surface area (Å²) in [6.07, 6.45) is 2.82. The fourth-order valence-corrected chi connectivity index (χ4v) is 5.49. The molecule has 0 bridgehead atoms. The monoisotopic (exact) mass is 583 g/mol. The van der Waals surface area contributed by atoms with Gasteiger partial charge in [0, 0.05) is 42.6 Å². The molecule has 6 rings (SSSR count). The van der Waals surface area contributed by atoms with Gasteiger partial charge in [-0.15, -0.1) is 0 Å². The number of halogens is 2. The Balaban J connectivity index is 1.33. The summed E-state index contributed by atoms with van der Waals surface area (Å²) >= 11 is 0. The number of hydrogen-bond acceptors (Lipinski definition) is 7. The number of pyridine rings is 3. The van der Waals surface area contributed by atoms with Crippen LogP contribution in [0.25, 0.3) is 22.2 Å². The highest BCUT2D eigenvalue weighted by molar-refractivity contribution is 5.99. The van der Waals surface area contributed by atoms with E-state index >= 15 is 4.39 Å². The predicted molar refractivity (Wildman–Crippen MR) is 156 cm³/mol. The molecule has 1 aliphatic rings. The van der Waals surface area contributed by atoms with Crippen LogP contribution in [0, 0.1) is 25.5 Å². The molecule has 0 N–H and O–H groups in total. The van der Waals surface area contributed by atoms with Crippen molar-refractivity contribution in [2.45, 2.75) is 33.4 Å². The number of rotatable bonds is 7. The zero-order chi connectivity index (χ0) is 30.2. The second-order valence-electron chi connectivity index (χ2n) is 10.3. The molecule has 8 nitrogen and oxygen atoms in total. The number of ketones is 1. The van der Waals surface area contributed by atoms with Crippen LogP contribution in [-0.4, -0.2) is 34.0 Å². The lowest BCUT2D eigenvalue weighted by Gasteiger charge is -2.26. The first-order valence-electron chi connectivity index (χ1n) is 13.6. The van der Waals surface area contributed by atoms with Crippen LogP contribution < -0.4 is 14.9 Å². The molecule has 4 heterocycles. The highest BCUT2D eigenvalue weighted by Gasteiger charge is 2.27. The summed E-state index contributed by atoms with van der Waals surface area (Å²) in [4.78, 5) is 36.2. The third-order valence-corrected chi connectivity index (χ3v) is 7.60. The molecule has 0 saturated heterocycles. The van der Waals surface area contributed by atoms with E-state index in [1.54, 1.807) is 31.2 Å². The van der Waals surface area contributed by atoms with Gasteiger partial charge in [0.2, 0.25) is 5.43 Å². The first-order chi connectivity index (χ1) is 20.7. The number of aryl methyl sites for hydroxylation is 1. The highest BCUT2D eigenvalue weighted by Crippen LogP contribution is 2.32. The van der Waals surface area contributed by atoms with E-state index < -0.39 is 22.8 Å². The van der Waals surface area contributed by atoms with Crippen molar-refractivity contribution in [1.82, 2.24) is 14.5 Å². The summed E-state index contributed by atoms with van der Waals surface area (Å²) in [5.74, 6) is -0.790. The van der Waals surface area contributed by atoms with Crippen LogP contribution in [-0.2, 0) is 24.3 Å². The fourth-order valence-electron chi connectivity index (χ4n) is 5.49. The third kappa shape index (κ3) is 5.25. The van der Waals surface area contributed by atoms with Crippen molar-refractivity contribution in [3.63, 3.8) is 0 Å². The van der Waals surface area contributed by atoms with Gasteiger partial charge in [-0.05, 0) is 54.8 Å². The maximum Gasteiger partial charge on any atom is 0.200 e. The van der Waals surface area contributed by atoms with Gasteiger partial charge in [-0.25, -0.2) is 13.8 Å². The van der Waals surface area contributed by atoms with E-state index in [0.717, 1.165) is 0 Å². The summed E-state index contributed by atoms with van der Waals surface area (Å²) in [7, 11) is 1.52. The van der Waals surface area contributed by atoms with Gasteiger partial charge in [-0.1, -0.05) is 12.1 Å². The van der Waals surface area contributed by atoms with Crippen LogP contribution in [0.4, 0.5) is 8.78 Å². The summed E-state index contributed by atoms with van der Waals surface area (Å²) < 4.78 is 47.7. The molecule has 0 spiro atoms. The van der Waals surface area contributed by atoms with E-state index in [9.17, 15) is 14.0 Å². The second-order valence-corrected chi connectivity index (χ2v) is 10.3. The number of ether oxygens (including phenoxy) is 3. The molecule has 0 fully saturated rings. The zero-order valence-electron chi connectivity index (χ0n) is 23.7. The summed E-state index contributed by atoms with van der Waals surface area (Å²) in [6, 6.07) is 11.7. The largest absolute Gasteiger partial charge is 0.495 e. The summed E-state index contributed by atoms with van der Waals surface area (Å²) in [5, 5.41) is 0. The number of Topliss-reactive ketones (excluding diaryl/α,β-unsaturated/α-hetero) is 1. The molecule has 43 heavy (non-hydrogen) atoms. The van der Waals surface area contributed by atoms with Gasteiger partial charge in [0.1, 0.15) is 17.1 Å². The van der Waals surface area contributed by atoms with Crippen LogP contribution in [0.1, 0.15) is 32.9 Å². The number of nitrogens with zero attached hydrogens (tertiary/aromatic N) is 3. The molecular weight excluding hydrogens is 556 g/mol. The lowest BCUT2D eigenvalue weighted by Crippen LogP contribution is -2.32. The maximum atomic E-state index is 15.3. The number of fused-ring (bicyclic) bond motifs is 2. The van der Waals surface area contributed by atoms with Crippen molar-refractivity contribution < 1.29 is 27.8 Å². The lowest BCUT2D eigenvalue weighted by molar-refractivity contribution is 0.0796. The van der Waals surface area contributed by atoms with Crippen LogP contribution in [0.2, 0.25) is 0 Å². The molecule has 0 radical (unpaired) electrons. The molecule has 0 aliphatic carbocycles. The smallest absolute Gasteiger partial charge is 0.200 e. The standard InChI is InChI=1S/C33H27F2N3O5/c1-18-12-21(34)5-6-23(18)30-19(2)38-10-11-42-17-26(38)31(33(30)40)27(39)14-20-4-7-28(24(35)13-20)43-29-8-9-36-25-15-22(41-3)16-37-32(25)29/h4-9,12-13,15-16H,10-11,14,17H2,1-3H3. The van der Waals surface area contributed by atoms with Gasteiger partial charge in [0.25, 0.3) is 0 Å². The third-order valence-electron chi connectivity index (χ3n) is 7.60. The van der Waals surface area contributed by atoms with E-state index in [1.807, 2.05) is 11.5 Å². The Labute approximate surface area is 245 Å². The van der Waals surface area contributed by atoms with E-state index in [-0.39, 0.29) is 24.3 Å². The molecule has 5 aromatic rings. The number of aromatic nitrogens is 3. The SMILES string of the molecule is COc1cnc2c(Oc3ccc(CC(=O)c4c5n(c(C)c(-c6ccc(F)cc6C)c4=O)CCOC5)cc3F)ccnc2c1. The number of carbonyl (C=O) groups is 1. The quantitative estimate of drug-likeness (QED) is 0.214. The molecule has 0 saturated carbocycles. The van der Waals surface area contributed by atoms with Crippen LogP contribution >= 0.6 is 0 Å². The average molecular weight is 584 g/mol. The number of methoxy groups -OCH3 is 1. The molecular formula is C33H27F2N3O5. The number of benzene rings is 2. The van der Waals surface area contributed by atoms with Crippen molar-refractivity contribution in [2.75, 3.05) is 13.7 Å². The molecule has 1 aliphatic heterocycles. The Morgan fingerprint density at radius 3 is 2.65 bits per heavy atom. The van der Waals surface area contributed by atoms with Gasteiger partial charge in [0.15, 0.2) is 23.1 Å². The fraction of sp³-hybridized carbons (Fsp3) is 0.212. The Hall–Kier alpha value is -4.96. The number of hydrogen-bond donors (Lipinski definition) is 0. The topological polar surface area (TPSA) is 92.5 Å². The first-order valence-corrected chi connectivity index (χ1v) is 13.6. The van der Waals surface area contributed by atoms with Crippen molar-refractivity contribution in [1.29, 1.82) is 0 Å². The van der Waals surface area contributed by atoms with Gasteiger partial charge < -0.3 is 18.8 Å². The molecule has 10 heteroatoms. The van der Waals surface area contributed by atoms with E-state index in [4.69, 9.17) is 14.2 Å². The minimum absolute atomic E-state index is 0.00508. The number of carbonyl (C=O) groups excluding carboxylic acids is 1. The summed E-state index contributed by atoms with van der Waals surface area (Å²) in [6.45, 7) is 4.52. The minimum Gasteiger partial charge on any atom is -0.495 e. The molecule has 3 aromatic heterocycles. The normalized spacial score (nSPS) is 12.7. The predicted octanol–water partition coefficient (Wildman–Crippen LogP) is 6.11. The van der Waals surface area contributed by atoms with E-state index in [0.29, 0.717) is 69.3 Å². The molecule has 0 amide bonds. The van der Waals surface area contributed by atoms with Crippen LogP contribution in [0.3, 0.4) is 0 Å². The molecule has 218 valence electrons. The lowest BCUT2D eigenvalue weighted by atomic mass is 9.92. The Bertz CT molecular complexity index is 1970. The zero-order valence-corrected chi connectivity index (χ0v) is 23.7. The summed E-state index contributed by atoms with van der Waals surface area (Å²) in [5.41, 5.74) is 3.51. The van der Waals surface area contributed by atoms with Crippen molar-refractivity contribution in [2.24, 2.45) is 0 Å². The Morgan fingerprint density at radius 1 is 1.05 bits per heavy atom. The van der Waals surface area contributed by atoms with Crippen molar-refractivity contribution in [3.05, 3.63) is 111 Å². The highest BCUT2D eigenvalue weighted by atomic mass is 19.1. The maximum absolute atomic E-state index is 15.3. The van der Waals surface area contributed by atoms with E-state index in [1.165, 1.54) is 43.8 Å². The van der Waals surface area contributed by atoms with Crippen molar-refractivity contribution >= 4 is 16.8 Å². The van der Waals surface area contributed by atoms with Crippen molar-refractivity contribution in [3.8, 4) is 28.4 Å². The average Bonchev–Trinajstić information content (AvgIpc) is 2.99.